The third kappa shape index (κ3) is 3.39. The molecule has 0 radical (unpaired) electrons. The number of alkyl halides is 3. The smallest absolute Gasteiger partial charge is 0.345 e. The Labute approximate surface area is 118 Å². The Hall–Kier alpha value is -1.82. The van der Waals surface area contributed by atoms with E-state index in [9.17, 15) is 18.0 Å². The van der Waals surface area contributed by atoms with Crippen molar-refractivity contribution in [2.24, 2.45) is 0 Å². The zero-order valence-electron chi connectivity index (χ0n) is 10.6. The third-order valence-electron chi connectivity index (χ3n) is 2.83. The van der Waals surface area contributed by atoms with Gasteiger partial charge >= 0.3 is 6.18 Å². The lowest BCUT2D eigenvalue weighted by Gasteiger charge is -2.15. The highest BCUT2D eigenvalue weighted by molar-refractivity contribution is 7.12. The van der Waals surface area contributed by atoms with Crippen molar-refractivity contribution in [1.82, 2.24) is 5.32 Å². The first-order chi connectivity index (χ1) is 9.38. The van der Waals surface area contributed by atoms with E-state index in [-0.39, 0.29) is 11.9 Å². The monoisotopic (exact) mass is 299 g/mol. The number of hydrogen-bond donors (Lipinski definition) is 1. The van der Waals surface area contributed by atoms with Crippen molar-refractivity contribution in [3.63, 3.8) is 0 Å². The second kappa shape index (κ2) is 5.66. The summed E-state index contributed by atoms with van der Waals surface area (Å²) in [5, 5.41) is 4.54. The Kier molecular flexibility index (Phi) is 4.13. The standard InChI is InChI=1S/C14H12F3NOS/c1-9(18-13(19)12-3-2-8-20-12)10-4-6-11(7-5-10)14(15,16)17/h2-9H,1H3,(H,18,19). The number of benzene rings is 1. The molecule has 20 heavy (non-hydrogen) atoms. The molecule has 1 heterocycles. The first kappa shape index (κ1) is 14.6. The minimum atomic E-state index is -4.35. The van der Waals surface area contributed by atoms with Crippen LogP contribution in [0.1, 0.15) is 33.8 Å². The van der Waals surface area contributed by atoms with Crippen LogP contribution in [0, 0.1) is 0 Å². The number of nitrogens with one attached hydrogen (secondary N) is 1. The van der Waals surface area contributed by atoms with Crippen molar-refractivity contribution in [2.45, 2.75) is 19.1 Å². The molecule has 2 aromatic rings. The Morgan fingerprint density at radius 2 is 1.85 bits per heavy atom. The van der Waals surface area contributed by atoms with Crippen LogP contribution in [0.2, 0.25) is 0 Å². The predicted molar refractivity (Wildman–Crippen MR) is 71.6 cm³/mol. The highest BCUT2D eigenvalue weighted by Gasteiger charge is 2.30. The maximum Gasteiger partial charge on any atom is 0.416 e. The molecule has 0 aliphatic heterocycles. The molecule has 1 aromatic carbocycles. The predicted octanol–water partition coefficient (Wildman–Crippen LogP) is 4.26. The summed E-state index contributed by atoms with van der Waals surface area (Å²) >= 11 is 1.31. The molecule has 1 atom stereocenters. The molecule has 0 aliphatic carbocycles. The molecular formula is C14H12F3NOS. The maximum absolute atomic E-state index is 12.4. The lowest BCUT2D eigenvalue weighted by molar-refractivity contribution is -0.137. The number of thiophene rings is 1. The third-order valence-corrected chi connectivity index (χ3v) is 3.70. The first-order valence-corrected chi connectivity index (χ1v) is 6.77. The molecule has 0 fully saturated rings. The van der Waals surface area contributed by atoms with Gasteiger partial charge in [-0.3, -0.25) is 4.79 Å². The van der Waals surface area contributed by atoms with Gasteiger partial charge < -0.3 is 5.32 Å². The Morgan fingerprint density at radius 1 is 1.20 bits per heavy atom. The molecule has 1 unspecified atom stereocenters. The number of rotatable bonds is 3. The van der Waals surface area contributed by atoms with Gasteiger partial charge in [0.05, 0.1) is 16.5 Å². The van der Waals surface area contributed by atoms with E-state index in [1.807, 2.05) is 0 Å². The normalized spacial score (nSPS) is 13.0. The fraction of sp³-hybridized carbons (Fsp3) is 0.214. The molecule has 106 valence electrons. The number of halogens is 3. The SMILES string of the molecule is CC(NC(=O)c1cccs1)c1ccc(C(F)(F)F)cc1. The molecule has 1 N–H and O–H groups in total. The number of amides is 1. The van der Waals surface area contributed by atoms with Crippen molar-refractivity contribution >= 4 is 17.2 Å². The molecule has 1 amide bonds. The van der Waals surface area contributed by atoms with E-state index in [1.165, 1.54) is 23.5 Å². The quantitative estimate of drug-likeness (QED) is 0.901. The Bertz CT molecular complexity index is 575. The van der Waals surface area contributed by atoms with Gasteiger partial charge in [-0.2, -0.15) is 13.2 Å². The minimum absolute atomic E-state index is 0.229. The second-order valence-corrected chi connectivity index (χ2v) is 5.24. The summed E-state index contributed by atoms with van der Waals surface area (Å²) < 4.78 is 37.3. The summed E-state index contributed by atoms with van der Waals surface area (Å²) in [4.78, 5) is 12.4. The lowest BCUT2D eigenvalue weighted by atomic mass is 10.1. The highest BCUT2D eigenvalue weighted by atomic mass is 32.1. The Balaban J connectivity index is 2.06. The molecule has 1 aromatic heterocycles. The van der Waals surface area contributed by atoms with Crippen molar-refractivity contribution in [1.29, 1.82) is 0 Å². The molecule has 0 spiro atoms. The van der Waals surface area contributed by atoms with Crippen molar-refractivity contribution in [3.05, 3.63) is 57.8 Å². The first-order valence-electron chi connectivity index (χ1n) is 5.89. The molecule has 0 saturated carbocycles. The van der Waals surface area contributed by atoms with Crippen LogP contribution in [0.4, 0.5) is 13.2 Å². The zero-order valence-corrected chi connectivity index (χ0v) is 11.4. The van der Waals surface area contributed by atoms with Gasteiger partial charge in [0, 0.05) is 0 Å². The molecule has 0 saturated heterocycles. The van der Waals surface area contributed by atoms with Gasteiger partial charge in [0.15, 0.2) is 0 Å². The van der Waals surface area contributed by atoms with Crippen LogP contribution in [0.5, 0.6) is 0 Å². The van der Waals surface area contributed by atoms with Gasteiger partial charge in [-0.15, -0.1) is 11.3 Å². The van der Waals surface area contributed by atoms with E-state index in [2.05, 4.69) is 5.32 Å². The topological polar surface area (TPSA) is 29.1 Å². The molecule has 2 rings (SSSR count). The van der Waals surface area contributed by atoms with E-state index >= 15 is 0 Å². The van der Waals surface area contributed by atoms with Crippen LogP contribution in [0.25, 0.3) is 0 Å². The fourth-order valence-corrected chi connectivity index (χ4v) is 2.35. The molecule has 6 heteroatoms. The average Bonchev–Trinajstić information content (AvgIpc) is 2.91. The molecule has 0 bridgehead atoms. The van der Waals surface area contributed by atoms with Crippen LogP contribution in [0.15, 0.2) is 41.8 Å². The van der Waals surface area contributed by atoms with E-state index in [1.54, 1.807) is 24.4 Å². The average molecular weight is 299 g/mol. The van der Waals surface area contributed by atoms with E-state index in [0.717, 1.165) is 12.1 Å². The van der Waals surface area contributed by atoms with Crippen molar-refractivity contribution < 1.29 is 18.0 Å². The number of hydrogen-bond acceptors (Lipinski definition) is 2. The van der Waals surface area contributed by atoms with Gasteiger partial charge in [-0.05, 0) is 36.1 Å². The minimum Gasteiger partial charge on any atom is -0.345 e. The number of carbonyl (C=O) groups excluding carboxylic acids is 1. The summed E-state index contributed by atoms with van der Waals surface area (Å²) in [7, 11) is 0. The van der Waals surface area contributed by atoms with Gasteiger partial charge in [0.1, 0.15) is 0 Å². The maximum atomic E-state index is 12.4. The zero-order chi connectivity index (χ0) is 14.8. The van der Waals surface area contributed by atoms with Gasteiger partial charge in [-0.1, -0.05) is 18.2 Å². The summed E-state index contributed by atoms with van der Waals surface area (Å²) in [5.41, 5.74) is -0.0686. The summed E-state index contributed by atoms with van der Waals surface area (Å²) in [5.74, 6) is -0.229. The van der Waals surface area contributed by atoms with Crippen molar-refractivity contribution in [2.75, 3.05) is 0 Å². The summed E-state index contributed by atoms with van der Waals surface area (Å²) in [6.45, 7) is 1.73. The van der Waals surface area contributed by atoms with Crippen LogP contribution in [-0.4, -0.2) is 5.91 Å². The van der Waals surface area contributed by atoms with Gasteiger partial charge in [-0.25, -0.2) is 0 Å². The van der Waals surface area contributed by atoms with Gasteiger partial charge in [0.25, 0.3) is 5.91 Å². The largest absolute Gasteiger partial charge is 0.416 e. The van der Waals surface area contributed by atoms with Gasteiger partial charge in [0.2, 0.25) is 0 Å². The summed E-state index contributed by atoms with van der Waals surface area (Å²) in [6, 6.07) is 7.89. The molecule has 2 nitrogen and oxygen atoms in total. The van der Waals surface area contributed by atoms with Crippen LogP contribution in [0.3, 0.4) is 0 Å². The Morgan fingerprint density at radius 3 is 2.35 bits per heavy atom. The lowest BCUT2D eigenvalue weighted by Crippen LogP contribution is -2.25. The van der Waals surface area contributed by atoms with E-state index in [4.69, 9.17) is 0 Å². The molecule has 0 aliphatic rings. The number of carbonyl (C=O) groups is 1. The molecular weight excluding hydrogens is 287 g/mol. The summed E-state index contributed by atoms with van der Waals surface area (Å²) in [6.07, 6.45) is -4.35. The van der Waals surface area contributed by atoms with Crippen LogP contribution < -0.4 is 5.32 Å². The second-order valence-electron chi connectivity index (χ2n) is 4.29. The van der Waals surface area contributed by atoms with E-state index in [0.29, 0.717) is 10.4 Å². The van der Waals surface area contributed by atoms with E-state index < -0.39 is 11.7 Å². The van der Waals surface area contributed by atoms with Crippen molar-refractivity contribution in [3.8, 4) is 0 Å². The van der Waals surface area contributed by atoms with Crippen LogP contribution in [-0.2, 0) is 6.18 Å². The highest BCUT2D eigenvalue weighted by Crippen LogP contribution is 2.29. The van der Waals surface area contributed by atoms with Crippen LogP contribution >= 0.6 is 11.3 Å². The fourth-order valence-electron chi connectivity index (χ4n) is 1.72.